The first-order chi connectivity index (χ1) is 14.0. The second kappa shape index (κ2) is 13.3. The molecule has 0 unspecified atom stereocenters. The Morgan fingerprint density at radius 3 is 2.13 bits per heavy atom. The summed E-state index contributed by atoms with van der Waals surface area (Å²) in [4.78, 5) is 26.2. The highest BCUT2D eigenvalue weighted by Crippen LogP contribution is 2.32. The van der Waals surface area contributed by atoms with Crippen LogP contribution in [0.5, 0.6) is 0 Å². The predicted octanol–water partition coefficient (Wildman–Crippen LogP) is 5.63. The van der Waals surface area contributed by atoms with E-state index in [1.54, 1.807) is 0 Å². The van der Waals surface area contributed by atoms with E-state index in [4.69, 9.17) is 4.74 Å². The van der Waals surface area contributed by atoms with Crippen molar-refractivity contribution in [2.24, 2.45) is 29.6 Å². The lowest BCUT2D eigenvalue weighted by atomic mass is 9.79. The second-order valence-electron chi connectivity index (χ2n) is 11.1. The molecule has 1 aliphatic carbocycles. The summed E-state index contributed by atoms with van der Waals surface area (Å²) in [7, 11) is 0. The average molecular weight is 425 g/mol. The molecule has 1 aliphatic rings. The smallest absolute Gasteiger partial charge is 0.310 e. The first-order valence-corrected chi connectivity index (χ1v) is 12.2. The number of rotatable bonds is 12. The Hall–Kier alpha value is -1.10. The molecular weight excluding hydrogens is 376 g/mol. The van der Waals surface area contributed by atoms with Gasteiger partial charge in [0.15, 0.2) is 0 Å². The molecule has 0 aromatic heterocycles. The summed E-state index contributed by atoms with van der Waals surface area (Å²) in [6.07, 6.45) is 10.2. The molecule has 1 amide bonds. The normalized spacial score (nSPS) is 17.8. The topological polar surface area (TPSA) is 67.4 Å². The van der Waals surface area contributed by atoms with Gasteiger partial charge >= 0.3 is 5.97 Å². The molecule has 5 nitrogen and oxygen atoms in total. The third-order valence-corrected chi connectivity index (χ3v) is 5.83. The fourth-order valence-electron chi connectivity index (χ4n) is 4.36. The average Bonchev–Trinajstić information content (AvgIpc) is 2.62. The molecule has 0 aromatic carbocycles. The van der Waals surface area contributed by atoms with E-state index in [9.17, 15) is 9.59 Å². The van der Waals surface area contributed by atoms with E-state index in [0.717, 1.165) is 25.2 Å². The Balaban J connectivity index is 2.86. The van der Waals surface area contributed by atoms with Crippen LogP contribution in [0, 0.1) is 29.6 Å². The lowest BCUT2D eigenvalue weighted by molar-refractivity contribution is -0.164. The Bertz CT molecular complexity index is 505. The number of hydrogen-bond donors (Lipinski definition) is 2. The van der Waals surface area contributed by atoms with Crippen LogP contribution in [-0.2, 0) is 14.3 Å². The third kappa shape index (κ3) is 11.3. The van der Waals surface area contributed by atoms with Crippen molar-refractivity contribution in [3.63, 3.8) is 0 Å². The third-order valence-electron chi connectivity index (χ3n) is 5.83. The predicted molar refractivity (Wildman–Crippen MR) is 124 cm³/mol. The van der Waals surface area contributed by atoms with Crippen molar-refractivity contribution in [3.05, 3.63) is 0 Å². The monoisotopic (exact) mass is 424 g/mol. The summed E-state index contributed by atoms with van der Waals surface area (Å²) in [5, 5.41) is 0. The number of nitrogens with one attached hydrogen (secondary N) is 2. The first kappa shape index (κ1) is 26.9. The highest BCUT2D eigenvalue weighted by Gasteiger charge is 2.36. The number of hydrogen-bond acceptors (Lipinski definition) is 4. The van der Waals surface area contributed by atoms with Gasteiger partial charge in [-0.1, -0.05) is 72.6 Å². The first-order valence-electron chi connectivity index (χ1n) is 12.2. The number of carbonyl (C=O) groups excluding carboxylic acids is 2. The van der Waals surface area contributed by atoms with Crippen LogP contribution in [0.15, 0.2) is 0 Å². The minimum Gasteiger partial charge on any atom is -0.460 e. The SMILES string of the molecule is CC(C)CNNC(=O)[C@H](CC(C)C)[C@H](CCCC1CCCCC1)C(=O)OC(C)(C)C. The van der Waals surface area contributed by atoms with Gasteiger partial charge in [0.1, 0.15) is 5.60 Å². The zero-order valence-electron chi connectivity index (χ0n) is 20.7. The molecule has 1 rings (SSSR count). The number of esters is 1. The van der Waals surface area contributed by atoms with Crippen molar-refractivity contribution >= 4 is 11.9 Å². The molecule has 0 spiro atoms. The van der Waals surface area contributed by atoms with Crippen LogP contribution in [-0.4, -0.2) is 24.0 Å². The number of hydrazine groups is 1. The Morgan fingerprint density at radius 1 is 0.967 bits per heavy atom. The molecule has 0 aromatic rings. The maximum atomic E-state index is 13.1. The maximum Gasteiger partial charge on any atom is 0.310 e. The van der Waals surface area contributed by atoms with Crippen LogP contribution in [0.25, 0.3) is 0 Å². The summed E-state index contributed by atoms with van der Waals surface area (Å²) in [6, 6.07) is 0. The zero-order chi connectivity index (χ0) is 22.7. The van der Waals surface area contributed by atoms with Crippen LogP contribution in [0.2, 0.25) is 0 Å². The molecule has 1 saturated carbocycles. The highest BCUT2D eigenvalue weighted by atomic mass is 16.6. The summed E-state index contributed by atoms with van der Waals surface area (Å²) >= 11 is 0. The zero-order valence-corrected chi connectivity index (χ0v) is 20.7. The molecule has 0 heterocycles. The maximum absolute atomic E-state index is 13.1. The summed E-state index contributed by atoms with van der Waals surface area (Å²) in [6.45, 7) is 14.8. The lowest BCUT2D eigenvalue weighted by Gasteiger charge is -2.30. The molecule has 2 N–H and O–H groups in total. The van der Waals surface area contributed by atoms with Crippen LogP contribution in [0.4, 0.5) is 0 Å². The van der Waals surface area contributed by atoms with Crippen LogP contribution < -0.4 is 10.9 Å². The van der Waals surface area contributed by atoms with Crippen molar-refractivity contribution < 1.29 is 14.3 Å². The molecule has 176 valence electrons. The van der Waals surface area contributed by atoms with Gasteiger partial charge in [0.25, 0.3) is 0 Å². The minimum absolute atomic E-state index is 0.0853. The van der Waals surface area contributed by atoms with Crippen molar-refractivity contribution in [1.82, 2.24) is 10.9 Å². The molecule has 5 heteroatoms. The second-order valence-corrected chi connectivity index (χ2v) is 11.1. The van der Waals surface area contributed by atoms with Gasteiger partial charge < -0.3 is 4.74 Å². The minimum atomic E-state index is -0.548. The van der Waals surface area contributed by atoms with Gasteiger partial charge in [0, 0.05) is 6.54 Å². The summed E-state index contributed by atoms with van der Waals surface area (Å²) < 4.78 is 5.76. The van der Waals surface area contributed by atoms with Crippen molar-refractivity contribution in [3.8, 4) is 0 Å². The van der Waals surface area contributed by atoms with E-state index in [1.165, 1.54) is 32.1 Å². The molecule has 2 atom stereocenters. The van der Waals surface area contributed by atoms with E-state index in [0.29, 0.717) is 24.8 Å². The van der Waals surface area contributed by atoms with Gasteiger partial charge in [-0.3, -0.25) is 15.0 Å². The summed E-state index contributed by atoms with van der Waals surface area (Å²) in [5.41, 5.74) is 5.35. The molecular formula is C25H48N2O3. The fraction of sp³-hybridized carbons (Fsp3) is 0.920. The molecule has 0 aliphatic heterocycles. The molecule has 0 bridgehead atoms. The standard InChI is InChI=1S/C25H48N2O3/c1-18(2)16-22(23(28)27-26-17-19(3)4)21(24(29)30-25(5,6)7)15-11-14-20-12-9-8-10-13-20/h18-22,26H,8-17H2,1-7H3,(H,27,28)/t21-,22+/m0/s1. The van der Waals surface area contributed by atoms with Gasteiger partial charge in [0.05, 0.1) is 11.8 Å². The summed E-state index contributed by atoms with van der Waals surface area (Å²) in [5.74, 6) is 0.471. The van der Waals surface area contributed by atoms with Gasteiger partial charge in [-0.25, -0.2) is 5.43 Å². The van der Waals surface area contributed by atoms with Crippen LogP contribution >= 0.6 is 0 Å². The molecule has 1 fully saturated rings. The fourth-order valence-corrected chi connectivity index (χ4v) is 4.36. The van der Waals surface area contributed by atoms with Crippen molar-refractivity contribution in [1.29, 1.82) is 0 Å². The van der Waals surface area contributed by atoms with Gasteiger partial charge in [-0.2, -0.15) is 0 Å². The lowest BCUT2D eigenvalue weighted by Crippen LogP contribution is -2.47. The van der Waals surface area contributed by atoms with Gasteiger partial charge in [-0.05, 0) is 51.4 Å². The van der Waals surface area contributed by atoms with E-state index >= 15 is 0 Å². The Kier molecular flexibility index (Phi) is 12.0. The van der Waals surface area contributed by atoms with Gasteiger partial charge in [0.2, 0.25) is 5.91 Å². The van der Waals surface area contributed by atoms with Gasteiger partial charge in [-0.15, -0.1) is 0 Å². The quantitative estimate of drug-likeness (QED) is 0.314. The Labute approximate surface area is 185 Å². The van der Waals surface area contributed by atoms with E-state index in [-0.39, 0.29) is 17.8 Å². The van der Waals surface area contributed by atoms with E-state index in [1.807, 2.05) is 20.8 Å². The Morgan fingerprint density at radius 2 is 1.60 bits per heavy atom. The van der Waals surface area contributed by atoms with E-state index in [2.05, 4.69) is 38.5 Å². The largest absolute Gasteiger partial charge is 0.460 e. The highest BCUT2D eigenvalue weighted by molar-refractivity contribution is 5.85. The number of amides is 1. The van der Waals surface area contributed by atoms with Crippen LogP contribution in [0.1, 0.15) is 106 Å². The van der Waals surface area contributed by atoms with Crippen molar-refractivity contribution in [2.75, 3.05) is 6.54 Å². The number of carbonyl (C=O) groups is 2. The molecule has 0 radical (unpaired) electrons. The molecule has 0 saturated heterocycles. The number of ether oxygens (including phenoxy) is 1. The van der Waals surface area contributed by atoms with Crippen LogP contribution in [0.3, 0.4) is 0 Å². The molecule has 30 heavy (non-hydrogen) atoms. The van der Waals surface area contributed by atoms with Crippen molar-refractivity contribution in [2.45, 2.75) is 112 Å². The van der Waals surface area contributed by atoms with E-state index < -0.39 is 11.5 Å².